The molecule has 2 heterocycles. The van der Waals surface area contributed by atoms with Crippen molar-refractivity contribution in [3.8, 4) is 0 Å². The summed E-state index contributed by atoms with van der Waals surface area (Å²) in [5, 5.41) is 7.69. The summed E-state index contributed by atoms with van der Waals surface area (Å²) in [5.74, 6) is 0. The highest BCUT2D eigenvalue weighted by molar-refractivity contribution is 7.12. The first-order chi connectivity index (χ1) is 8.79. The van der Waals surface area contributed by atoms with E-state index in [1.54, 1.807) is 10.4 Å². The fourth-order valence-electron chi connectivity index (χ4n) is 2.76. The molecule has 3 nitrogen and oxygen atoms in total. The van der Waals surface area contributed by atoms with Crippen LogP contribution in [0, 0.1) is 0 Å². The zero-order valence-electron chi connectivity index (χ0n) is 10.9. The predicted molar refractivity (Wildman–Crippen MR) is 75.1 cm³/mol. The number of rotatable bonds is 3. The monoisotopic (exact) mass is 261 g/mol. The second-order valence-corrected chi connectivity index (χ2v) is 6.07. The molecule has 1 N–H and O–H groups in total. The lowest BCUT2D eigenvalue weighted by atomic mass is 9.98. The van der Waals surface area contributed by atoms with Crippen LogP contribution < -0.4 is 5.32 Å². The van der Waals surface area contributed by atoms with Crippen molar-refractivity contribution >= 4 is 11.3 Å². The van der Waals surface area contributed by atoms with E-state index in [-0.39, 0.29) is 6.04 Å². The van der Waals surface area contributed by atoms with E-state index in [1.807, 2.05) is 36.3 Å². The fourth-order valence-corrected chi connectivity index (χ4v) is 4.14. The number of nitrogens with one attached hydrogen (secondary N) is 1. The lowest BCUT2D eigenvalue weighted by Gasteiger charge is -2.14. The molecular weight excluding hydrogens is 242 g/mol. The summed E-state index contributed by atoms with van der Waals surface area (Å²) in [7, 11) is 4.03. The number of nitrogens with zero attached hydrogens (tertiary/aromatic N) is 2. The van der Waals surface area contributed by atoms with Gasteiger partial charge in [0.15, 0.2) is 0 Å². The van der Waals surface area contributed by atoms with Gasteiger partial charge in [0, 0.05) is 23.0 Å². The molecule has 2 aromatic heterocycles. The minimum atomic E-state index is 0.271. The van der Waals surface area contributed by atoms with Gasteiger partial charge in [-0.25, -0.2) is 0 Å². The van der Waals surface area contributed by atoms with Crippen molar-refractivity contribution in [2.24, 2.45) is 7.05 Å². The lowest BCUT2D eigenvalue weighted by molar-refractivity contribution is 0.612. The summed E-state index contributed by atoms with van der Waals surface area (Å²) in [5.41, 5.74) is 2.81. The molecular formula is C14H19N3S. The Morgan fingerprint density at radius 1 is 1.39 bits per heavy atom. The molecule has 0 spiro atoms. The highest BCUT2D eigenvalue weighted by atomic mass is 32.1. The lowest BCUT2D eigenvalue weighted by Crippen LogP contribution is -2.19. The second-order valence-electron chi connectivity index (χ2n) is 4.91. The molecule has 0 aliphatic heterocycles. The topological polar surface area (TPSA) is 29.9 Å². The van der Waals surface area contributed by atoms with Crippen molar-refractivity contribution in [3.63, 3.8) is 0 Å². The minimum Gasteiger partial charge on any atom is -0.307 e. The fraction of sp³-hybridized carbons (Fsp3) is 0.500. The molecule has 0 bridgehead atoms. The Labute approximate surface area is 112 Å². The molecule has 4 heteroatoms. The first-order valence-corrected chi connectivity index (χ1v) is 7.38. The van der Waals surface area contributed by atoms with Gasteiger partial charge in [-0.05, 0) is 50.4 Å². The van der Waals surface area contributed by atoms with Crippen LogP contribution in [0.2, 0.25) is 0 Å². The molecule has 0 saturated heterocycles. The van der Waals surface area contributed by atoms with Crippen LogP contribution in [0.5, 0.6) is 0 Å². The van der Waals surface area contributed by atoms with Gasteiger partial charge in [0.1, 0.15) is 0 Å². The van der Waals surface area contributed by atoms with Gasteiger partial charge in [-0.3, -0.25) is 4.68 Å². The number of thiophene rings is 1. The molecule has 1 aliphatic rings. The molecule has 0 amide bonds. The zero-order valence-corrected chi connectivity index (χ0v) is 11.8. The van der Waals surface area contributed by atoms with Crippen LogP contribution in [0.3, 0.4) is 0 Å². The molecule has 1 atom stereocenters. The van der Waals surface area contributed by atoms with E-state index < -0.39 is 0 Å². The maximum Gasteiger partial charge on any atom is 0.0839 e. The van der Waals surface area contributed by atoms with Crippen molar-refractivity contribution in [1.29, 1.82) is 0 Å². The van der Waals surface area contributed by atoms with Crippen molar-refractivity contribution in [2.45, 2.75) is 31.7 Å². The van der Waals surface area contributed by atoms with Gasteiger partial charge >= 0.3 is 0 Å². The molecule has 2 aromatic rings. The number of fused-ring (bicyclic) bond motifs is 1. The third kappa shape index (κ3) is 1.99. The molecule has 1 aliphatic carbocycles. The SMILES string of the molecule is CNC(c1cc2c(s1)CCCC2)c1ccnn1C. The highest BCUT2D eigenvalue weighted by Gasteiger charge is 2.21. The normalized spacial score (nSPS) is 16.6. The standard InChI is InChI=1S/C14H19N3S/c1-15-14(11-7-8-16-17(11)2)13-9-10-5-3-4-6-12(10)18-13/h7-9,14-15H,3-6H2,1-2H3. The van der Waals surface area contributed by atoms with Gasteiger partial charge < -0.3 is 5.32 Å². The van der Waals surface area contributed by atoms with Crippen molar-refractivity contribution in [3.05, 3.63) is 39.3 Å². The summed E-state index contributed by atoms with van der Waals surface area (Å²) in [4.78, 5) is 3.02. The Morgan fingerprint density at radius 2 is 2.22 bits per heavy atom. The molecule has 0 saturated carbocycles. The molecule has 0 radical (unpaired) electrons. The molecule has 3 rings (SSSR count). The summed E-state index contributed by atoms with van der Waals surface area (Å²) in [6.07, 6.45) is 7.09. The summed E-state index contributed by atoms with van der Waals surface area (Å²) < 4.78 is 1.96. The second kappa shape index (κ2) is 4.86. The van der Waals surface area contributed by atoms with Gasteiger partial charge in [-0.15, -0.1) is 11.3 Å². The average Bonchev–Trinajstić information content (AvgIpc) is 2.97. The highest BCUT2D eigenvalue weighted by Crippen LogP contribution is 2.34. The maximum absolute atomic E-state index is 4.27. The Balaban J connectivity index is 1.97. The van der Waals surface area contributed by atoms with Crippen LogP contribution in [0.25, 0.3) is 0 Å². The summed E-state index contributed by atoms with van der Waals surface area (Å²) >= 11 is 1.97. The Hall–Kier alpha value is -1.13. The van der Waals surface area contributed by atoms with E-state index in [4.69, 9.17) is 0 Å². The number of aromatic nitrogens is 2. The van der Waals surface area contributed by atoms with E-state index in [1.165, 1.54) is 36.3 Å². The number of hydrogen-bond donors (Lipinski definition) is 1. The van der Waals surface area contributed by atoms with Crippen LogP contribution in [-0.4, -0.2) is 16.8 Å². The summed E-state index contributed by atoms with van der Waals surface area (Å²) in [6.45, 7) is 0. The smallest absolute Gasteiger partial charge is 0.0839 e. The van der Waals surface area contributed by atoms with E-state index in [0.717, 1.165) is 0 Å². The number of aryl methyl sites for hydroxylation is 3. The number of hydrogen-bond acceptors (Lipinski definition) is 3. The van der Waals surface area contributed by atoms with Crippen molar-refractivity contribution < 1.29 is 0 Å². The molecule has 0 aromatic carbocycles. The average molecular weight is 261 g/mol. The van der Waals surface area contributed by atoms with Crippen LogP contribution in [0.15, 0.2) is 18.3 Å². The van der Waals surface area contributed by atoms with E-state index in [2.05, 4.69) is 22.5 Å². The first-order valence-electron chi connectivity index (χ1n) is 6.56. The molecule has 18 heavy (non-hydrogen) atoms. The van der Waals surface area contributed by atoms with Crippen LogP contribution >= 0.6 is 11.3 Å². The third-order valence-corrected chi connectivity index (χ3v) is 5.05. The molecule has 1 unspecified atom stereocenters. The minimum absolute atomic E-state index is 0.271. The summed E-state index contributed by atoms with van der Waals surface area (Å²) in [6, 6.07) is 4.76. The zero-order chi connectivity index (χ0) is 12.5. The van der Waals surface area contributed by atoms with Gasteiger partial charge in [0.2, 0.25) is 0 Å². The van der Waals surface area contributed by atoms with Crippen molar-refractivity contribution in [1.82, 2.24) is 15.1 Å². The van der Waals surface area contributed by atoms with Crippen LogP contribution in [0.4, 0.5) is 0 Å². The van der Waals surface area contributed by atoms with E-state index in [0.29, 0.717) is 0 Å². The first kappa shape index (κ1) is 11.9. The van der Waals surface area contributed by atoms with E-state index >= 15 is 0 Å². The van der Waals surface area contributed by atoms with E-state index in [9.17, 15) is 0 Å². The Bertz CT molecular complexity index is 517. The van der Waals surface area contributed by atoms with Gasteiger partial charge in [0.25, 0.3) is 0 Å². The molecule has 0 fully saturated rings. The van der Waals surface area contributed by atoms with Gasteiger partial charge in [-0.2, -0.15) is 5.10 Å². The van der Waals surface area contributed by atoms with Crippen LogP contribution in [0.1, 0.15) is 39.9 Å². The largest absolute Gasteiger partial charge is 0.307 e. The Kier molecular flexibility index (Phi) is 3.22. The third-order valence-electron chi connectivity index (χ3n) is 3.74. The van der Waals surface area contributed by atoms with Gasteiger partial charge in [-0.1, -0.05) is 0 Å². The predicted octanol–water partition coefficient (Wildman–Crippen LogP) is 2.67. The Morgan fingerprint density at radius 3 is 2.89 bits per heavy atom. The van der Waals surface area contributed by atoms with Crippen molar-refractivity contribution in [2.75, 3.05) is 7.05 Å². The maximum atomic E-state index is 4.27. The quantitative estimate of drug-likeness (QED) is 0.920. The van der Waals surface area contributed by atoms with Gasteiger partial charge in [0.05, 0.1) is 11.7 Å². The molecule has 96 valence electrons. The van der Waals surface area contributed by atoms with Crippen LogP contribution in [-0.2, 0) is 19.9 Å².